The van der Waals surface area contributed by atoms with E-state index in [1.807, 2.05) is 18.2 Å². The Bertz CT molecular complexity index is 578. The molecule has 1 N–H and O–H groups in total. The molecule has 1 aliphatic heterocycles. The molecule has 0 aromatic carbocycles. The quantitative estimate of drug-likeness (QED) is 0.929. The van der Waals surface area contributed by atoms with E-state index < -0.39 is 0 Å². The van der Waals surface area contributed by atoms with Gasteiger partial charge in [0, 0.05) is 31.6 Å². The van der Waals surface area contributed by atoms with Crippen LogP contribution in [0.4, 0.5) is 0 Å². The number of hydrogen-bond acceptors (Lipinski definition) is 5. The number of fused-ring (bicyclic) bond motifs is 1. The van der Waals surface area contributed by atoms with E-state index in [-0.39, 0.29) is 6.10 Å². The Balaban J connectivity index is 1.43. The maximum Gasteiger partial charge on any atom is 0.202 e. The highest BCUT2D eigenvalue weighted by molar-refractivity contribution is 5.49. The highest BCUT2D eigenvalue weighted by Gasteiger charge is 2.41. The molecule has 1 saturated heterocycles. The predicted molar refractivity (Wildman–Crippen MR) is 71.7 cm³/mol. The van der Waals surface area contributed by atoms with Crippen molar-refractivity contribution in [3.05, 3.63) is 30.2 Å². The summed E-state index contributed by atoms with van der Waals surface area (Å²) in [5.74, 6) is 2.48. The Kier molecular flexibility index (Phi) is 2.89. The van der Waals surface area contributed by atoms with Gasteiger partial charge in [0.15, 0.2) is 5.76 Å². The number of rotatable bonds is 3. The number of furan rings is 1. The van der Waals surface area contributed by atoms with Crippen molar-refractivity contribution in [2.24, 2.45) is 11.8 Å². The van der Waals surface area contributed by atoms with Crippen molar-refractivity contribution >= 4 is 0 Å². The minimum atomic E-state index is -0.110. The molecular formula is C15H18N2O3. The second-order valence-corrected chi connectivity index (χ2v) is 5.92. The first-order valence-corrected chi connectivity index (χ1v) is 7.19. The SMILES string of the molecule is OC1CCC2CN(Cc3cc(-c4ccco4)on3)CC12. The molecular weight excluding hydrogens is 256 g/mol. The minimum absolute atomic E-state index is 0.110. The lowest BCUT2D eigenvalue weighted by atomic mass is 10.00. The lowest BCUT2D eigenvalue weighted by Gasteiger charge is -2.16. The maximum absolute atomic E-state index is 9.94. The standard InChI is InChI=1S/C15H18N2O3/c18-13-4-3-10-7-17(9-12(10)13)8-11-6-15(20-16-11)14-2-1-5-19-14/h1-2,5-6,10,12-13,18H,3-4,7-9H2. The third-order valence-electron chi connectivity index (χ3n) is 4.60. The van der Waals surface area contributed by atoms with E-state index >= 15 is 0 Å². The normalized spacial score (nSPS) is 29.9. The average Bonchev–Trinajstić information content (AvgIpc) is 3.17. The van der Waals surface area contributed by atoms with Crippen molar-refractivity contribution in [3.8, 4) is 11.5 Å². The Labute approximate surface area is 117 Å². The summed E-state index contributed by atoms with van der Waals surface area (Å²) in [5.41, 5.74) is 0.922. The van der Waals surface area contributed by atoms with E-state index in [0.717, 1.165) is 38.2 Å². The first-order chi connectivity index (χ1) is 9.79. The third-order valence-corrected chi connectivity index (χ3v) is 4.60. The van der Waals surface area contributed by atoms with Gasteiger partial charge in [-0.05, 0) is 30.9 Å². The van der Waals surface area contributed by atoms with Crippen LogP contribution in [0.15, 0.2) is 33.4 Å². The Hall–Kier alpha value is -1.59. The summed E-state index contributed by atoms with van der Waals surface area (Å²) in [6.07, 6.45) is 3.63. The summed E-state index contributed by atoms with van der Waals surface area (Å²) >= 11 is 0. The lowest BCUT2D eigenvalue weighted by Crippen LogP contribution is -2.24. The van der Waals surface area contributed by atoms with Gasteiger partial charge >= 0.3 is 0 Å². The number of likely N-dealkylation sites (tertiary alicyclic amines) is 1. The molecule has 2 fully saturated rings. The summed E-state index contributed by atoms with van der Waals surface area (Å²) in [6, 6.07) is 5.63. The largest absolute Gasteiger partial charge is 0.461 e. The van der Waals surface area contributed by atoms with Gasteiger partial charge in [0.2, 0.25) is 5.76 Å². The van der Waals surface area contributed by atoms with E-state index in [0.29, 0.717) is 23.4 Å². The van der Waals surface area contributed by atoms with Gasteiger partial charge in [-0.2, -0.15) is 0 Å². The molecule has 1 aliphatic carbocycles. The van der Waals surface area contributed by atoms with Gasteiger partial charge in [-0.3, -0.25) is 4.90 Å². The molecule has 0 amide bonds. The van der Waals surface area contributed by atoms with E-state index in [2.05, 4.69) is 10.1 Å². The second-order valence-electron chi connectivity index (χ2n) is 5.92. The van der Waals surface area contributed by atoms with Gasteiger partial charge in [0.05, 0.1) is 18.1 Å². The first kappa shape index (κ1) is 12.2. The van der Waals surface area contributed by atoms with Gasteiger partial charge in [0.1, 0.15) is 0 Å². The van der Waals surface area contributed by atoms with Crippen LogP contribution in [0.1, 0.15) is 18.5 Å². The highest BCUT2D eigenvalue weighted by atomic mass is 16.5. The summed E-state index contributed by atoms with van der Waals surface area (Å²) in [6.45, 7) is 2.81. The van der Waals surface area contributed by atoms with Gasteiger partial charge < -0.3 is 14.0 Å². The molecule has 0 bridgehead atoms. The van der Waals surface area contributed by atoms with Crippen molar-refractivity contribution in [1.29, 1.82) is 0 Å². The van der Waals surface area contributed by atoms with Crippen LogP contribution in [0.2, 0.25) is 0 Å². The first-order valence-electron chi connectivity index (χ1n) is 7.19. The van der Waals surface area contributed by atoms with Gasteiger partial charge in [-0.15, -0.1) is 0 Å². The lowest BCUT2D eigenvalue weighted by molar-refractivity contribution is 0.123. The van der Waals surface area contributed by atoms with Crippen LogP contribution in [0.25, 0.3) is 11.5 Å². The Morgan fingerprint density at radius 1 is 1.30 bits per heavy atom. The fourth-order valence-corrected chi connectivity index (χ4v) is 3.61. The van der Waals surface area contributed by atoms with Crippen LogP contribution in [-0.4, -0.2) is 34.4 Å². The topological polar surface area (TPSA) is 62.6 Å². The molecule has 4 rings (SSSR count). The third kappa shape index (κ3) is 2.07. The minimum Gasteiger partial charge on any atom is -0.461 e. The molecule has 0 radical (unpaired) electrons. The van der Waals surface area contributed by atoms with Crippen LogP contribution >= 0.6 is 0 Å². The molecule has 1 saturated carbocycles. The fourth-order valence-electron chi connectivity index (χ4n) is 3.61. The van der Waals surface area contributed by atoms with Crippen LogP contribution in [0, 0.1) is 11.8 Å². The maximum atomic E-state index is 9.94. The zero-order valence-electron chi connectivity index (χ0n) is 11.2. The summed E-state index contributed by atoms with van der Waals surface area (Å²) in [7, 11) is 0. The van der Waals surface area contributed by atoms with Crippen LogP contribution < -0.4 is 0 Å². The molecule has 0 spiro atoms. The van der Waals surface area contributed by atoms with Crippen LogP contribution in [-0.2, 0) is 6.54 Å². The fraction of sp³-hybridized carbons (Fsp3) is 0.533. The summed E-state index contributed by atoms with van der Waals surface area (Å²) in [4.78, 5) is 2.36. The predicted octanol–water partition coefficient (Wildman–Crippen LogP) is 2.14. The molecule has 5 nitrogen and oxygen atoms in total. The molecule has 2 aromatic rings. The number of aliphatic hydroxyl groups is 1. The Morgan fingerprint density at radius 3 is 3.05 bits per heavy atom. The molecule has 2 aliphatic rings. The molecule has 5 heteroatoms. The van der Waals surface area contributed by atoms with Crippen molar-refractivity contribution < 1.29 is 14.0 Å². The van der Waals surface area contributed by atoms with E-state index in [4.69, 9.17) is 8.94 Å². The van der Waals surface area contributed by atoms with Crippen molar-refractivity contribution in [2.45, 2.75) is 25.5 Å². The van der Waals surface area contributed by atoms with Gasteiger partial charge in [0.25, 0.3) is 0 Å². The zero-order valence-corrected chi connectivity index (χ0v) is 11.2. The molecule has 3 heterocycles. The van der Waals surface area contributed by atoms with Gasteiger partial charge in [-0.1, -0.05) is 5.16 Å². The molecule has 3 atom stereocenters. The zero-order chi connectivity index (χ0) is 13.5. The van der Waals surface area contributed by atoms with E-state index in [9.17, 15) is 5.11 Å². The second kappa shape index (κ2) is 4.75. The average molecular weight is 274 g/mol. The smallest absolute Gasteiger partial charge is 0.202 e. The van der Waals surface area contributed by atoms with Crippen molar-refractivity contribution in [2.75, 3.05) is 13.1 Å². The summed E-state index contributed by atoms with van der Waals surface area (Å²) < 4.78 is 10.6. The molecule has 3 unspecified atom stereocenters. The number of aromatic nitrogens is 1. The van der Waals surface area contributed by atoms with Crippen molar-refractivity contribution in [1.82, 2.24) is 10.1 Å². The van der Waals surface area contributed by atoms with Crippen LogP contribution in [0.5, 0.6) is 0 Å². The number of hydrogen-bond donors (Lipinski definition) is 1. The van der Waals surface area contributed by atoms with E-state index in [1.165, 1.54) is 0 Å². The summed E-state index contributed by atoms with van der Waals surface area (Å²) in [5, 5.41) is 14.0. The molecule has 20 heavy (non-hydrogen) atoms. The van der Waals surface area contributed by atoms with Crippen molar-refractivity contribution in [3.63, 3.8) is 0 Å². The van der Waals surface area contributed by atoms with Gasteiger partial charge in [-0.25, -0.2) is 0 Å². The van der Waals surface area contributed by atoms with E-state index in [1.54, 1.807) is 6.26 Å². The number of aliphatic hydroxyl groups excluding tert-OH is 1. The molecule has 106 valence electrons. The monoisotopic (exact) mass is 274 g/mol. The number of nitrogens with zero attached hydrogens (tertiary/aromatic N) is 2. The highest BCUT2D eigenvalue weighted by Crippen LogP contribution is 2.38. The molecule has 2 aromatic heterocycles. The Morgan fingerprint density at radius 2 is 2.25 bits per heavy atom. The van der Waals surface area contributed by atoms with Crippen LogP contribution in [0.3, 0.4) is 0 Å².